The monoisotopic (exact) mass is 699 g/mol. The average molecular weight is 700 g/mol. The lowest BCUT2D eigenvalue weighted by Gasteiger charge is -2.17. The third kappa shape index (κ3) is 9.29. The van der Waals surface area contributed by atoms with Crippen molar-refractivity contribution in [3.8, 4) is 22.6 Å². The highest BCUT2D eigenvalue weighted by Gasteiger charge is 2.19. The Balaban J connectivity index is 1.51. The van der Waals surface area contributed by atoms with Gasteiger partial charge in [0.1, 0.15) is 35.2 Å². The van der Waals surface area contributed by atoms with E-state index in [2.05, 4.69) is 31.2 Å². The van der Waals surface area contributed by atoms with Crippen LogP contribution in [0.3, 0.4) is 0 Å². The molecule has 4 rings (SSSR count). The number of anilines is 2. The number of pyridine rings is 2. The summed E-state index contributed by atoms with van der Waals surface area (Å²) in [7, 11) is 2.90. The SMILES string of the molecule is COc1cc(C(=O)Nc2cccc(-c3cccc(NC(=O)c4cc(OC)c(CN[C@H](CO)C(N)=O)cn4)c3C)c2C)ncc1CN[C@@H](C=O)CO. The van der Waals surface area contributed by atoms with Crippen LogP contribution >= 0.6 is 0 Å². The van der Waals surface area contributed by atoms with Crippen LogP contribution in [0, 0.1) is 13.8 Å². The Morgan fingerprint density at radius 1 is 0.784 bits per heavy atom. The predicted molar refractivity (Wildman–Crippen MR) is 190 cm³/mol. The van der Waals surface area contributed by atoms with Crippen LogP contribution in [0.5, 0.6) is 11.5 Å². The van der Waals surface area contributed by atoms with E-state index in [9.17, 15) is 29.4 Å². The normalized spacial score (nSPS) is 12.0. The minimum absolute atomic E-state index is 0.0970. The van der Waals surface area contributed by atoms with Crippen LogP contribution in [0.4, 0.5) is 11.4 Å². The summed E-state index contributed by atoms with van der Waals surface area (Å²) in [5.41, 5.74) is 11.0. The van der Waals surface area contributed by atoms with Crippen molar-refractivity contribution in [1.82, 2.24) is 20.6 Å². The van der Waals surface area contributed by atoms with Crippen LogP contribution in [0.2, 0.25) is 0 Å². The molecule has 15 nitrogen and oxygen atoms in total. The van der Waals surface area contributed by atoms with Crippen molar-refractivity contribution >= 4 is 35.4 Å². The number of hydrogen-bond donors (Lipinski definition) is 7. The summed E-state index contributed by atoms with van der Waals surface area (Å²) < 4.78 is 10.9. The van der Waals surface area contributed by atoms with E-state index < -0.39 is 36.4 Å². The number of primary amides is 1. The van der Waals surface area contributed by atoms with E-state index in [1.807, 2.05) is 38.1 Å². The van der Waals surface area contributed by atoms with E-state index in [0.29, 0.717) is 40.3 Å². The van der Waals surface area contributed by atoms with E-state index in [1.54, 1.807) is 12.1 Å². The summed E-state index contributed by atoms with van der Waals surface area (Å²) in [6.45, 7) is 3.25. The van der Waals surface area contributed by atoms with Gasteiger partial charge in [-0.1, -0.05) is 24.3 Å². The van der Waals surface area contributed by atoms with Gasteiger partial charge in [0.2, 0.25) is 5.91 Å². The molecule has 0 aliphatic heterocycles. The number of aldehydes is 1. The van der Waals surface area contributed by atoms with E-state index in [1.165, 1.54) is 38.7 Å². The Bertz CT molecular complexity index is 1900. The largest absolute Gasteiger partial charge is 0.496 e. The number of amides is 3. The Hall–Kier alpha value is -5.74. The number of ether oxygens (including phenoxy) is 2. The molecule has 0 aliphatic rings. The number of hydrogen-bond acceptors (Lipinski definition) is 12. The second-order valence-electron chi connectivity index (χ2n) is 11.5. The van der Waals surface area contributed by atoms with Gasteiger partial charge in [-0.25, -0.2) is 0 Å². The molecule has 0 radical (unpaired) electrons. The summed E-state index contributed by atoms with van der Waals surface area (Å²) in [6.07, 6.45) is 3.53. The molecule has 0 fully saturated rings. The molecular formula is C36H41N7O8. The van der Waals surface area contributed by atoms with Crippen molar-refractivity contribution in [2.75, 3.05) is 38.1 Å². The maximum atomic E-state index is 13.3. The molecule has 8 N–H and O–H groups in total. The number of carbonyl (C=O) groups is 4. The van der Waals surface area contributed by atoms with Crippen molar-refractivity contribution in [2.45, 2.75) is 39.0 Å². The van der Waals surface area contributed by atoms with Gasteiger partial charge in [0.05, 0.1) is 33.5 Å². The van der Waals surface area contributed by atoms with Crippen molar-refractivity contribution < 1.29 is 38.9 Å². The molecule has 0 aliphatic carbocycles. The van der Waals surface area contributed by atoms with Crippen LogP contribution < -0.4 is 36.5 Å². The van der Waals surface area contributed by atoms with Gasteiger partial charge in [0, 0.05) is 60.1 Å². The molecule has 51 heavy (non-hydrogen) atoms. The Morgan fingerprint density at radius 3 is 1.65 bits per heavy atom. The molecule has 0 unspecified atom stereocenters. The number of aromatic nitrogens is 2. The van der Waals surface area contributed by atoms with Gasteiger partial charge in [0.15, 0.2) is 0 Å². The lowest BCUT2D eigenvalue weighted by Crippen LogP contribution is -2.43. The van der Waals surface area contributed by atoms with Crippen LogP contribution in [-0.2, 0) is 22.7 Å². The molecule has 3 amide bonds. The third-order valence-corrected chi connectivity index (χ3v) is 8.23. The summed E-state index contributed by atoms with van der Waals surface area (Å²) in [6, 6.07) is 12.3. The maximum absolute atomic E-state index is 13.3. The van der Waals surface area contributed by atoms with Crippen LogP contribution in [0.25, 0.3) is 11.1 Å². The molecule has 0 saturated carbocycles. The topological polar surface area (TPSA) is 227 Å². The Morgan fingerprint density at radius 2 is 1.25 bits per heavy atom. The maximum Gasteiger partial charge on any atom is 0.274 e. The zero-order valence-corrected chi connectivity index (χ0v) is 28.6. The number of nitrogens with two attached hydrogens (primary N) is 1. The van der Waals surface area contributed by atoms with E-state index in [4.69, 9.17) is 15.2 Å². The van der Waals surface area contributed by atoms with Gasteiger partial charge in [-0.05, 0) is 48.2 Å². The summed E-state index contributed by atoms with van der Waals surface area (Å²) in [5.74, 6) is -0.888. The first-order chi connectivity index (χ1) is 24.5. The number of carbonyl (C=O) groups excluding carboxylic acids is 4. The number of rotatable bonds is 17. The predicted octanol–water partition coefficient (Wildman–Crippen LogP) is 1.87. The summed E-state index contributed by atoms with van der Waals surface area (Å²) in [4.78, 5) is 57.6. The highest BCUT2D eigenvalue weighted by atomic mass is 16.5. The fourth-order valence-corrected chi connectivity index (χ4v) is 5.21. The molecule has 2 atom stereocenters. The molecular weight excluding hydrogens is 658 g/mol. The summed E-state index contributed by atoms with van der Waals surface area (Å²) in [5, 5.41) is 30.1. The smallest absolute Gasteiger partial charge is 0.274 e. The van der Waals surface area contributed by atoms with E-state index >= 15 is 0 Å². The van der Waals surface area contributed by atoms with E-state index in [0.717, 1.165) is 22.3 Å². The lowest BCUT2D eigenvalue weighted by molar-refractivity contribution is -0.121. The number of nitrogens with one attached hydrogen (secondary N) is 4. The van der Waals surface area contributed by atoms with Crippen molar-refractivity contribution in [3.05, 3.63) is 94.6 Å². The van der Waals surface area contributed by atoms with Gasteiger partial charge in [0.25, 0.3) is 11.8 Å². The van der Waals surface area contributed by atoms with Gasteiger partial charge >= 0.3 is 0 Å². The van der Waals surface area contributed by atoms with Gasteiger partial charge < -0.3 is 46.2 Å². The molecule has 0 bridgehead atoms. The first-order valence-electron chi connectivity index (χ1n) is 15.9. The first-order valence-corrected chi connectivity index (χ1v) is 15.9. The minimum atomic E-state index is -0.946. The van der Waals surface area contributed by atoms with Crippen LogP contribution in [0.1, 0.15) is 43.2 Å². The average Bonchev–Trinajstić information content (AvgIpc) is 3.14. The Labute approximate surface area is 294 Å². The molecule has 15 heteroatoms. The zero-order valence-electron chi connectivity index (χ0n) is 28.6. The summed E-state index contributed by atoms with van der Waals surface area (Å²) >= 11 is 0. The minimum Gasteiger partial charge on any atom is -0.496 e. The highest BCUT2D eigenvalue weighted by molar-refractivity contribution is 6.05. The van der Waals surface area contributed by atoms with Crippen molar-refractivity contribution in [3.63, 3.8) is 0 Å². The fraction of sp³-hybridized carbons (Fsp3) is 0.278. The molecule has 0 spiro atoms. The van der Waals surface area contributed by atoms with E-state index in [-0.39, 0.29) is 31.1 Å². The number of benzene rings is 2. The van der Waals surface area contributed by atoms with Gasteiger partial charge in [-0.15, -0.1) is 0 Å². The molecule has 2 aromatic heterocycles. The van der Waals surface area contributed by atoms with Gasteiger partial charge in [-0.3, -0.25) is 29.7 Å². The van der Waals surface area contributed by atoms with Crippen molar-refractivity contribution in [2.24, 2.45) is 5.73 Å². The second kappa shape index (κ2) is 17.8. The van der Waals surface area contributed by atoms with Gasteiger partial charge in [-0.2, -0.15) is 0 Å². The fourth-order valence-electron chi connectivity index (χ4n) is 5.21. The number of aliphatic hydroxyl groups is 2. The molecule has 2 aromatic carbocycles. The molecule has 268 valence electrons. The van der Waals surface area contributed by atoms with Crippen molar-refractivity contribution in [1.29, 1.82) is 0 Å². The molecule has 4 aromatic rings. The number of aliphatic hydroxyl groups excluding tert-OH is 2. The lowest BCUT2D eigenvalue weighted by atomic mass is 9.94. The second-order valence-corrected chi connectivity index (χ2v) is 11.5. The quantitative estimate of drug-likeness (QED) is 0.0784. The number of nitrogens with zero attached hydrogens (tertiary/aromatic N) is 2. The van der Waals surface area contributed by atoms with Crippen LogP contribution in [-0.4, -0.2) is 83.7 Å². The zero-order chi connectivity index (χ0) is 37.1. The van der Waals surface area contributed by atoms with Crippen LogP contribution in [0.15, 0.2) is 60.9 Å². The number of methoxy groups -OCH3 is 2. The third-order valence-electron chi connectivity index (χ3n) is 8.23. The highest BCUT2D eigenvalue weighted by Crippen LogP contribution is 2.34. The molecule has 0 saturated heterocycles. The molecule has 2 heterocycles. The Kier molecular flexibility index (Phi) is 13.3. The first kappa shape index (κ1) is 38.1. The standard InChI is InChI=1S/C36H41N7O8/c1-20-25(7-5-9-27(20)42-35(48)29-11-32(50-3)22(14-39-29)13-38-24(17-44)18-45)26-8-6-10-28(21(26)2)43-36(49)30-12-33(51-4)23(15-40-30)16-41-31(19-46)34(37)47/h5-12,14-15,17,24,31,38,41,45-46H,13,16,18-19H2,1-4H3,(H2,37,47)(H,42,48)(H,43,49)/t24-,31+/m0/s1.